The van der Waals surface area contributed by atoms with Gasteiger partial charge >= 0.3 is 0 Å². The van der Waals surface area contributed by atoms with Gasteiger partial charge in [-0.1, -0.05) is 23.7 Å². The Bertz CT molecular complexity index is 438. The second kappa shape index (κ2) is 7.10. The molecular weight excluding hydrogens is 282 g/mol. The molecule has 1 aliphatic heterocycles. The predicted molar refractivity (Wildman–Crippen MR) is 91.0 cm³/mol. The van der Waals surface area contributed by atoms with Crippen molar-refractivity contribution in [1.82, 2.24) is 15.1 Å². The number of nitrogens with zero attached hydrogens (tertiary/aromatic N) is 2. The molecule has 2 rings (SSSR count). The number of nitrogens with one attached hydrogen (secondary N) is 1. The van der Waals surface area contributed by atoms with Crippen molar-refractivity contribution in [2.45, 2.75) is 32.4 Å². The van der Waals surface area contributed by atoms with Crippen molar-refractivity contribution in [3.8, 4) is 0 Å². The molecule has 0 amide bonds. The summed E-state index contributed by atoms with van der Waals surface area (Å²) in [4.78, 5) is 5.03. The summed E-state index contributed by atoms with van der Waals surface area (Å²) in [6, 6.07) is 8.60. The maximum absolute atomic E-state index is 5.98. The van der Waals surface area contributed by atoms with Crippen LogP contribution in [-0.2, 0) is 0 Å². The van der Waals surface area contributed by atoms with Gasteiger partial charge in [-0.15, -0.1) is 0 Å². The lowest BCUT2D eigenvalue weighted by atomic mass is 9.99. The molecule has 1 aromatic rings. The topological polar surface area (TPSA) is 18.5 Å². The Morgan fingerprint density at radius 1 is 1.24 bits per heavy atom. The average molecular weight is 310 g/mol. The highest BCUT2D eigenvalue weighted by Crippen LogP contribution is 2.24. The number of rotatable bonds is 5. The molecule has 0 aromatic heterocycles. The van der Waals surface area contributed by atoms with Gasteiger partial charge in [0.2, 0.25) is 0 Å². The summed E-state index contributed by atoms with van der Waals surface area (Å²) in [5, 5.41) is 4.23. The molecule has 0 bridgehead atoms. The number of likely N-dealkylation sites (N-methyl/N-ethyl adjacent to an activating group) is 1. The van der Waals surface area contributed by atoms with Crippen LogP contribution in [0, 0.1) is 0 Å². The van der Waals surface area contributed by atoms with Gasteiger partial charge in [-0.05, 0) is 45.5 Å². The third-order valence-electron chi connectivity index (χ3n) is 4.62. The molecule has 1 fully saturated rings. The van der Waals surface area contributed by atoms with Crippen molar-refractivity contribution in [2.24, 2.45) is 0 Å². The molecule has 1 heterocycles. The van der Waals surface area contributed by atoms with Crippen LogP contribution in [0.15, 0.2) is 24.3 Å². The number of piperazine rings is 1. The molecule has 0 spiro atoms. The van der Waals surface area contributed by atoms with Gasteiger partial charge < -0.3 is 5.32 Å². The molecule has 3 nitrogen and oxygen atoms in total. The molecule has 1 saturated heterocycles. The Hall–Kier alpha value is -0.610. The minimum absolute atomic E-state index is 0.192. The standard InChI is InChI=1S/C17H28ClN3/c1-14(15-5-7-16(18)8-6-15)20(4)13-17(2,3)21-11-9-19-10-12-21/h5-8,14,19H,9-13H2,1-4H3. The zero-order valence-electron chi connectivity index (χ0n) is 13.7. The molecular formula is C17H28ClN3. The van der Waals surface area contributed by atoms with Crippen molar-refractivity contribution >= 4 is 11.6 Å². The molecule has 1 atom stereocenters. The fraction of sp³-hybridized carbons (Fsp3) is 0.647. The zero-order chi connectivity index (χ0) is 15.5. The van der Waals surface area contributed by atoms with Crippen molar-refractivity contribution in [1.29, 1.82) is 0 Å². The first kappa shape index (κ1) is 16.8. The Morgan fingerprint density at radius 3 is 2.38 bits per heavy atom. The number of hydrogen-bond acceptors (Lipinski definition) is 3. The number of halogens is 1. The SMILES string of the molecule is CC(c1ccc(Cl)cc1)N(C)CC(C)(C)N1CCNCC1. The van der Waals surface area contributed by atoms with Gasteiger partial charge in [0, 0.05) is 49.3 Å². The summed E-state index contributed by atoms with van der Waals surface area (Å²) in [7, 11) is 2.21. The maximum Gasteiger partial charge on any atom is 0.0406 e. The molecule has 0 saturated carbocycles. The Morgan fingerprint density at radius 2 is 1.81 bits per heavy atom. The van der Waals surface area contributed by atoms with Crippen molar-refractivity contribution in [3.63, 3.8) is 0 Å². The highest BCUT2D eigenvalue weighted by Gasteiger charge is 2.30. The highest BCUT2D eigenvalue weighted by molar-refractivity contribution is 6.30. The summed E-state index contributed by atoms with van der Waals surface area (Å²) >= 11 is 5.98. The average Bonchev–Trinajstić information content (AvgIpc) is 2.48. The molecule has 0 aliphatic carbocycles. The fourth-order valence-electron chi connectivity index (χ4n) is 3.11. The summed E-state index contributed by atoms with van der Waals surface area (Å²) in [5.41, 5.74) is 1.51. The lowest BCUT2D eigenvalue weighted by Gasteiger charge is -2.44. The van der Waals surface area contributed by atoms with Crippen LogP contribution in [0.25, 0.3) is 0 Å². The zero-order valence-corrected chi connectivity index (χ0v) is 14.5. The predicted octanol–water partition coefficient (Wildman–Crippen LogP) is 3.02. The van der Waals surface area contributed by atoms with Crippen molar-refractivity contribution in [2.75, 3.05) is 39.8 Å². The van der Waals surface area contributed by atoms with Crippen LogP contribution in [0.5, 0.6) is 0 Å². The van der Waals surface area contributed by atoms with Gasteiger partial charge in [-0.2, -0.15) is 0 Å². The second-order valence-corrected chi connectivity index (χ2v) is 7.13. The van der Waals surface area contributed by atoms with E-state index >= 15 is 0 Å². The first-order valence-electron chi connectivity index (χ1n) is 7.81. The Kier molecular flexibility index (Phi) is 5.67. The van der Waals surface area contributed by atoms with E-state index in [9.17, 15) is 0 Å². The largest absolute Gasteiger partial charge is 0.314 e. The molecule has 21 heavy (non-hydrogen) atoms. The quantitative estimate of drug-likeness (QED) is 0.902. The molecule has 0 radical (unpaired) electrons. The summed E-state index contributed by atoms with van der Waals surface area (Å²) in [6.07, 6.45) is 0. The summed E-state index contributed by atoms with van der Waals surface area (Å²) in [6.45, 7) is 12.5. The van der Waals surface area contributed by atoms with Gasteiger partial charge in [0.1, 0.15) is 0 Å². The molecule has 1 unspecified atom stereocenters. The smallest absolute Gasteiger partial charge is 0.0406 e. The van der Waals surface area contributed by atoms with E-state index in [0.29, 0.717) is 6.04 Å². The van der Waals surface area contributed by atoms with Crippen LogP contribution in [0.1, 0.15) is 32.4 Å². The summed E-state index contributed by atoms with van der Waals surface area (Å²) < 4.78 is 0. The minimum atomic E-state index is 0.192. The first-order chi connectivity index (χ1) is 9.90. The van der Waals surface area contributed by atoms with Crippen LogP contribution < -0.4 is 5.32 Å². The van der Waals surface area contributed by atoms with E-state index in [0.717, 1.165) is 37.7 Å². The highest BCUT2D eigenvalue weighted by atomic mass is 35.5. The van der Waals surface area contributed by atoms with E-state index < -0.39 is 0 Å². The van der Waals surface area contributed by atoms with Crippen LogP contribution in [-0.4, -0.2) is 55.1 Å². The molecule has 4 heteroatoms. The minimum Gasteiger partial charge on any atom is -0.314 e. The molecule has 118 valence electrons. The first-order valence-corrected chi connectivity index (χ1v) is 8.19. The van der Waals surface area contributed by atoms with E-state index in [1.807, 2.05) is 12.1 Å². The fourth-order valence-corrected chi connectivity index (χ4v) is 3.24. The van der Waals surface area contributed by atoms with E-state index in [2.05, 4.69) is 55.1 Å². The normalized spacial score (nSPS) is 19.0. The van der Waals surface area contributed by atoms with Gasteiger partial charge in [0.25, 0.3) is 0 Å². The second-order valence-electron chi connectivity index (χ2n) is 6.69. The van der Waals surface area contributed by atoms with Gasteiger partial charge in [0.15, 0.2) is 0 Å². The van der Waals surface area contributed by atoms with Crippen molar-refractivity contribution < 1.29 is 0 Å². The van der Waals surface area contributed by atoms with Crippen molar-refractivity contribution in [3.05, 3.63) is 34.9 Å². The van der Waals surface area contributed by atoms with Crippen LogP contribution in [0.2, 0.25) is 5.02 Å². The third-order valence-corrected chi connectivity index (χ3v) is 4.87. The van der Waals surface area contributed by atoms with Crippen LogP contribution in [0.3, 0.4) is 0 Å². The van der Waals surface area contributed by atoms with E-state index in [1.165, 1.54) is 5.56 Å². The van der Waals surface area contributed by atoms with Gasteiger partial charge in [-0.3, -0.25) is 9.80 Å². The number of hydrogen-bond donors (Lipinski definition) is 1. The molecule has 1 aliphatic rings. The summed E-state index contributed by atoms with van der Waals surface area (Å²) in [5.74, 6) is 0. The van der Waals surface area contributed by atoms with Crippen LogP contribution in [0.4, 0.5) is 0 Å². The maximum atomic E-state index is 5.98. The molecule has 1 N–H and O–H groups in total. The van der Waals surface area contributed by atoms with Gasteiger partial charge in [0.05, 0.1) is 0 Å². The van der Waals surface area contributed by atoms with Crippen LogP contribution >= 0.6 is 11.6 Å². The Balaban J connectivity index is 1.98. The number of benzene rings is 1. The lowest BCUT2D eigenvalue weighted by molar-refractivity contribution is 0.0602. The van der Waals surface area contributed by atoms with E-state index in [-0.39, 0.29) is 5.54 Å². The van der Waals surface area contributed by atoms with Gasteiger partial charge in [-0.25, -0.2) is 0 Å². The van der Waals surface area contributed by atoms with E-state index in [4.69, 9.17) is 11.6 Å². The molecule has 1 aromatic carbocycles. The Labute approximate surface area is 134 Å². The lowest BCUT2D eigenvalue weighted by Crippen LogP contribution is -2.57. The van der Waals surface area contributed by atoms with E-state index in [1.54, 1.807) is 0 Å². The third kappa shape index (κ3) is 4.43. The monoisotopic (exact) mass is 309 g/mol.